The number of halogens is 3. The Balaban J connectivity index is 0.00000220. The van der Waals surface area contributed by atoms with Crippen molar-refractivity contribution in [3.8, 4) is 5.75 Å². The predicted molar refractivity (Wildman–Crippen MR) is 82.5 cm³/mol. The average Bonchev–Trinajstić information content (AvgIpc) is 2.83. The Labute approximate surface area is 134 Å². The summed E-state index contributed by atoms with van der Waals surface area (Å²) in [7, 11) is 0. The molecule has 118 valence electrons. The van der Waals surface area contributed by atoms with Crippen LogP contribution < -0.4 is 10.5 Å². The zero-order valence-corrected chi connectivity index (χ0v) is 13.3. The van der Waals surface area contributed by atoms with E-state index in [1.54, 1.807) is 4.90 Å². The molecule has 1 aliphatic rings. The van der Waals surface area contributed by atoms with Gasteiger partial charge in [-0.15, -0.1) is 12.4 Å². The number of amides is 1. The van der Waals surface area contributed by atoms with Crippen LogP contribution >= 0.6 is 24.0 Å². The molecule has 1 aromatic carbocycles. The number of carbonyl (C=O) groups is 1. The van der Waals surface area contributed by atoms with Crippen molar-refractivity contribution in [3.05, 3.63) is 29.0 Å². The summed E-state index contributed by atoms with van der Waals surface area (Å²) in [5.41, 5.74) is 5.70. The van der Waals surface area contributed by atoms with Gasteiger partial charge in [0.2, 0.25) is 0 Å². The van der Waals surface area contributed by atoms with Gasteiger partial charge in [0.25, 0.3) is 5.91 Å². The molecule has 2 N–H and O–H groups in total. The summed E-state index contributed by atoms with van der Waals surface area (Å²) in [5.74, 6) is -0.225. The Morgan fingerprint density at radius 1 is 1.57 bits per heavy atom. The second-order valence-electron chi connectivity index (χ2n) is 5.44. The quantitative estimate of drug-likeness (QED) is 0.918. The zero-order chi connectivity index (χ0) is 14.8. The van der Waals surface area contributed by atoms with Crippen LogP contribution in [0.15, 0.2) is 18.2 Å². The highest BCUT2D eigenvalue weighted by atomic mass is 35.5. The molecule has 2 rings (SSSR count). The molecule has 1 saturated heterocycles. The SMILES string of the molecule is CC1(CN)CCN(C(=O)COc2ccc(F)c(Cl)c2)C1.Cl. The number of hydrogen-bond donors (Lipinski definition) is 1. The number of rotatable bonds is 4. The normalized spacial score (nSPS) is 21.0. The molecule has 1 fully saturated rings. The summed E-state index contributed by atoms with van der Waals surface area (Å²) in [6, 6.07) is 4.02. The maximum Gasteiger partial charge on any atom is 0.260 e. The first-order valence-electron chi connectivity index (χ1n) is 6.49. The van der Waals surface area contributed by atoms with Crippen molar-refractivity contribution >= 4 is 29.9 Å². The minimum absolute atomic E-state index is 0. The van der Waals surface area contributed by atoms with Crippen LogP contribution in [0.5, 0.6) is 5.75 Å². The molecule has 1 heterocycles. The number of nitrogens with two attached hydrogens (primary N) is 1. The Bertz CT molecular complexity index is 516. The molecule has 1 atom stereocenters. The fourth-order valence-electron chi connectivity index (χ4n) is 2.21. The maximum atomic E-state index is 13.0. The third-order valence-electron chi connectivity index (χ3n) is 3.66. The van der Waals surface area contributed by atoms with E-state index in [2.05, 4.69) is 6.92 Å². The number of likely N-dealkylation sites (tertiary alicyclic amines) is 1. The molecular weight excluding hydrogens is 318 g/mol. The first-order valence-corrected chi connectivity index (χ1v) is 6.87. The van der Waals surface area contributed by atoms with Crippen molar-refractivity contribution in [2.75, 3.05) is 26.2 Å². The van der Waals surface area contributed by atoms with Gasteiger partial charge in [-0.1, -0.05) is 18.5 Å². The lowest BCUT2D eigenvalue weighted by atomic mass is 9.90. The Morgan fingerprint density at radius 3 is 2.86 bits per heavy atom. The highest BCUT2D eigenvalue weighted by molar-refractivity contribution is 6.30. The van der Waals surface area contributed by atoms with Crippen molar-refractivity contribution in [1.29, 1.82) is 0 Å². The molecule has 1 aromatic rings. The van der Waals surface area contributed by atoms with Crippen molar-refractivity contribution < 1.29 is 13.9 Å². The predicted octanol–water partition coefficient (Wildman–Crippen LogP) is 2.48. The molecule has 1 unspecified atom stereocenters. The molecule has 0 bridgehead atoms. The van der Waals surface area contributed by atoms with Crippen LogP contribution in [0.1, 0.15) is 13.3 Å². The van der Waals surface area contributed by atoms with Gasteiger partial charge in [-0.05, 0) is 30.5 Å². The number of hydrogen-bond acceptors (Lipinski definition) is 3. The molecule has 0 aromatic heterocycles. The molecule has 4 nitrogen and oxygen atoms in total. The van der Waals surface area contributed by atoms with Gasteiger partial charge < -0.3 is 15.4 Å². The highest BCUT2D eigenvalue weighted by Crippen LogP contribution is 2.28. The monoisotopic (exact) mass is 336 g/mol. The zero-order valence-electron chi connectivity index (χ0n) is 11.8. The van der Waals surface area contributed by atoms with Gasteiger partial charge in [0.1, 0.15) is 11.6 Å². The summed E-state index contributed by atoms with van der Waals surface area (Å²) in [6.07, 6.45) is 0.900. The van der Waals surface area contributed by atoms with E-state index in [4.69, 9.17) is 22.1 Å². The van der Waals surface area contributed by atoms with Gasteiger partial charge in [-0.25, -0.2) is 4.39 Å². The van der Waals surface area contributed by atoms with Crippen molar-refractivity contribution in [2.45, 2.75) is 13.3 Å². The van der Waals surface area contributed by atoms with Gasteiger partial charge in [0, 0.05) is 19.2 Å². The van der Waals surface area contributed by atoms with Crippen LogP contribution in [0.4, 0.5) is 4.39 Å². The minimum Gasteiger partial charge on any atom is -0.484 e. The molecule has 0 spiro atoms. The van der Waals surface area contributed by atoms with Crippen molar-refractivity contribution in [1.82, 2.24) is 4.90 Å². The lowest BCUT2D eigenvalue weighted by Crippen LogP contribution is -2.36. The highest BCUT2D eigenvalue weighted by Gasteiger charge is 2.34. The van der Waals surface area contributed by atoms with Gasteiger partial charge in [-0.2, -0.15) is 0 Å². The topological polar surface area (TPSA) is 55.6 Å². The smallest absolute Gasteiger partial charge is 0.260 e. The Morgan fingerprint density at radius 2 is 2.29 bits per heavy atom. The van der Waals surface area contributed by atoms with Crippen LogP contribution in [0, 0.1) is 11.2 Å². The third kappa shape index (κ3) is 4.46. The molecule has 0 aliphatic carbocycles. The van der Waals surface area contributed by atoms with Gasteiger partial charge >= 0.3 is 0 Å². The van der Waals surface area contributed by atoms with Crippen molar-refractivity contribution in [3.63, 3.8) is 0 Å². The maximum absolute atomic E-state index is 13.0. The van der Waals surface area contributed by atoms with E-state index in [9.17, 15) is 9.18 Å². The third-order valence-corrected chi connectivity index (χ3v) is 3.95. The molecule has 0 saturated carbocycles. The van der Waals surface area contributed by atoms with Crippen LogP contribution in [-0.2, 0) is 4.79 Å². The van der Waals surface area contributed by atoms with E-state index in [0.717, 1.165) is 6.42 Å². The first kappa shape index (κ1) is 18.0. The van der Waals surface area contributed by atoms with Crippen LogP contribution in [0.2, 0.25) is 5.02 Å². The van der Waals surface area contributed by atoms with Gasteiger partial charge in [0.15, 0.2) is 6.61 Å². The molecule has 21 heavy (non-hydrogen) atoms. The van der Waals surface area contributed by atoms with Gasteiger partial charge in [0.05, 0.1) is 5.02 Å². The fraction of sp³-hybridized carbons (Fsp3) is 0.500. The molecule has 0 radical (unpaired) electrons. The Hall–Kier alpha value is -1.04. The summed E-state index contributed by atoms with van der Waals surface area (Å²) in [4.78, 5) is 13.8. The minimum atomic E-state index is -0.511. The summed E-state index contributed by atoms with van der Waals surface area (Å²) in [5, 5.41) is -0.0215. The lowest BCUT2D eigenvalue weighted by Gasteiger charge is -2.22. The second-order valence-corrected chi connectivity index (χ2v) is 5.85. The fourth-order valence-corrected chi connectivity index (χ4v) is 2.38. The molecule has 1 aliphatic heterocycles. The Kier molecular flexibility index (Phi) is 6.25. The van der Waals surface area contributed by atoms with Crippen LogP contribution in [-0.4, -0.2) is 37.0 Å². The average molecular weight is 337 g/mol. The largest absolute Gasteiger partial charge is 0.484 e. The summed E-state index contributed by atoms with van der Waals surface area (Å²) in [6.45, 7) is 3.89. The second kappa shape index (κ2) is 7.29. The van der Waals surface area contributed by atoms with Crippen LogP contribution in [0.25, 0.3) is 0 Å². The van der Waals surface area contributed by atoms with E-state index in [-0.39, 0.29) is 35.4 Å². The van der Waals surface area contributed by atoms with Crippen molar-refractivity contribution in [2.24, 2.45) is 11.1 Å². The number of nitrogens with zero attached hydrogens (tertiary/aromatic N) is 1. The molecule has 7 heteroatoms. The number of carbonyl (C=O) groups excluding carboxylic acids is 1. The lowest BCUT2D eigenvalue weighted by molar-refractivity contribution is -0.132. The van der Waals surface area contributed by atoms with E-state index in [1.165, 1.54) is 18.2 Å². The summed E-state index contributed by atoms with van der Waals surface area (Å²) < 4.78 is 18.3. The van der Waals surface area contributed by atoms with E-state index in [1.807, 2.05) is 0 Å². The number of ether oxygens (including phenoxy) is 1. The molecule has 1 amide bonds. The van der Waals surface area contributed by atoms with E-state index >= 15 is 0 Å². The first-order chi connectivity index (χ1) is 9.43. The van der Waals surface area contributed by atoms with Crippen LogP contribution in [0.3, 0.4) is 0 Å². The standard InChI is InChI=1S/C14H18ClFN2O2.ClH/c1-14(8-17)4-5-18(9-14)13(19)7-20-10-2-3-12(16)11(15)6-10;/h2-3,6H,4-5,7-9,17H2,1H3;1H. The molecular formula is C14H19Cl2FN2O2. The van der Waals surface area contributed by atoms with Gasteiger partial charge in [-0.3, -0.25) is 4.79 Å². The van der Waals surface area contributed by atoms with E-state index in [0.29, 0.717) is 25.4 Å². The number of benzene rings is 1. The van der Waals surface area contributed by atoms with E-state index < -0.39 is 5.82 Å². The summed E-state index contributed by atoms with van der Waals surface area (Å²) >= 11 is 5.65.